The maximum Gasteiger partial charge on any atom is 0.361 e. The molecule has 0 saturated carbocycles. The average molecular weight is 364 g/mol. The molecule has 3 rings (SSSR count). The van der Waals surface area contributed by atoms with Crippen LogP contribution in [0.15, 0.2) is 24.3 Å². The van der Waals surface area contributed by atoms with E-state index in [0.29, 0.717) is 5.69 Å². The number of nitrogens with one attached hydrogen (secondary N) is 1. The van der Waals surface area contributed by atoms with Crippen LogP contribution < -0.4 is 10.2 Å². The number of aromatic nitrogens is 2. The summed E-state index contributed by atoms with van der Waals surface area (Å²) < 4.78 is 21.2. The van der Waals surface area contributed by atoms with Crippen LogP contribution in [0.4, 0.5) is 15.1 Å². The molecule has 0 unspecified atom stereocenters. The van der Waals surface area contributed by atoms with Gasteiger partial charge in [-0.05, 0) is 24.3 Å². The van der Waals surface area contributed by atoms with Gasteiger partial charge in [-0.1, -0.05) is 4.49 Å². The zero-order valence-corrected chi connectivity index (χ0v) is 13.9. The van der Waals surface area contributed by atoms with Gasteiger partial charge in [0.25, 0.3) is 0 Å². The highest BCUT2D eigenvalue weighted by Gasteiger charge is 2.36. The van der Waals surface area contributed by atoms with Gasteiger partial charge in [0.2, 0.25) is 17.5 Å². The van der Waals surface area contributed by atoms with Gasteiger partial charge in [0.05, 0.1) is 13.0 Å². The van der Waals surface area contributed by atoms with Crippen LogP contribution in [0.3, 0.4) is 0 Å². The molecular formula is C15H13FN4O4S. The second-order valence-corrected chi connectivity index (χ2v) is 6.07. The average Bonchev–Trinajstić information content (AvgIpc) is 3.21. The highest BCUT2D eigenvalue weighted by Crippen LogP contribution is 2.27. The van der Waals surface area contributed by atoms with E-state index in [4.69, 9.17) is 0 Å². The molecule has 1 aliphatic heterocycles. The molecule has 25 heavy (non-hydrogen) atoms. The third-order valence-electron chi connectivity index (χ3n) is 3.74. The van der Waals surface area contributed by atoms with E-state index < -0.39 is 23.6 Å². The first kappa shape index (κ1) is 17.0. The molecule has 1 aromatic carbocycles. The van der Waals surface area contributed by atoms with Gasteiger partial charge in [-0.25, -0.2) is 9.18 Å². The molecule has 1 N–H and O–H groups in total. The predicted molar refractivity (Wildman–Crippen MR) is 86.7 cm³/mol. The number of amides is 2. The molecule has 1 aliphatic rings. The number of ether oxygens (including phenoxy) is 1. The van der Waals surface area contributed by atoms with Crippen molar-refractivity contribution < 1.29 is 23.5 Å². The van der Waals surface area contributed by atoms with Crippen molar-refractivity contribution in [3.05, 3.63) is 35.8 Å². The molecule has 1 aromatic heterocycles. The normalized spacial score (nSPS) is 16.8. The van der Waals surface area contributed by atoms with Crippen LogP contribution in [0.2, 0.25) is 0 Å². The van der Waals surface area contributed by atoms with Crippen molar-refractivity contribution in [2.45, 2.75) is 6.42 Å². The summed E-state index contributed by atoms with van der Waals surface area (Å²) in [5, 5.41) is 6.35. The fourth-order valence-corrected chi connectivity index (χ4v) is 3.03. The summed E-state index contributed by atoms with van der Waals surface area (Å²) in [6, 6.07) is 5.47. The lowest BCUT2D eigenvalue weighted by molar-refractivity contribution is -0.122. The summed E-state index contributed by atoms with van der Waals surface area (Å²) in [4.78, 5) is 37.5. The quantitative estimate of drug-likeness (QED) is 0.824. The first-order valence-electron chi connectivity index (χ1n) is 7.27. The summed E-state index contributed by atoms with van der Waals surface area (Å²) in [7, 11) is 1.20. The summed E-state index contributed by atoms with van der Waals surface area (Å²) in [6.07, 6.45) is 0.0169. The Morgan fingerprint density at radius 1 is 1.36 bits per heavy atom. The molecular weight excluding hydrogens is 351 g/mol. The number of hydrogen-bond acceptors (Lipinski definition) is 7. The fourth-order valence-electron chi connectivity index (χ4n) is 2.47. The molecule has 130 valence electrons. The van der Waals surface area contributed by atoms with E-state index in [-0.39, 0.29) is 29.6 Å². The van der Waals surface area contributed by atoms with E-state index in [1.165, 1.54) is 36.3 Å². The number of anilines is 2. The fraction of sp³-hybridized carbons (Fsp3) is 0.267. The van der Waals surface area contributed by atoms with E-state index in [1.807, 2.05) is 0 Å². The van der Waals surface area contributed by atoms with Crippen molar-refractivity contribution in [2.24, 2.45) is 5.92 Å². The minimum Gasteiger partial charge on any atom is -0.464 e. The van der Waals surface area contributed by atoms with Crippen molar-refractivity contribution in [1.29, 1.82) is 0 Å². The number of carbonyl (C=O) groups is 3. The van der Waals surface area contributed by atoms with Crippen molar-refractivity contribution in [3.8, 4) is 0 Å². The Morgan fingerprint density at radius 3 is 2.76 bits per heavy atom. The molecule has 1 atom stereocenters. The van der Waals surface area contributed by atoms with Gasteiger partial charge in [-0.2, -0.15) is 0 Å². The zero-order valence-electron chi connectivity index (χ0n) is 13.1. The standard InChI is InChI=1S/C15H13FN4O4S/c1-24-15(23)12-14(25-19-18-12)17-13(22)8-6-11(21)20(7-8)10-4-2-9(16)3-5-10/h2-5,8H,6-7H2,1H3,(H,17,22)/t8-/m0/s1. The van der Waals surface area contributed by atoms with Gasteiger partial charge in [0.1, 0.15) is 5.82 Å². The van der Waals surface area contributed by atoms with Gasteiger partial charge < -0.3 is 15.0 Å². The van der Waals surface area contributed by atoms with Crippen molar-refractivity contribution in [2.75, 3.05) is 23.9 Å². The third-order valence-corrected chi connectivity index (χ3v) is 4.38. The van der Waals surface area contributed by atoms with Crippen LogP contribution in [0.1, 0.15) is 16.9 Å². The van der Waals surface area contributed by atoms with Crippen LogP contribution in [-0.4, -0.2) is 41.0 Å². The van der Waals surface area contributed by atoms with E-state index in [0.717, 1.165) is 11.5 Å². The topological polar surface area (TPSA) is 101 Å². The minimum atomic E-state index is -0.709. The Hall–Kier alpha value is -2.88. The molecule has 0 spiro atoms. The molecule has 2 amide bonds. The van der Waals surface area contributed by atoms with Crippen LogP contribution in [0.5, 0.6) is 0 Å². The molecule has 1 fully saturated rings. The van der Waals surface area contributed by atoms with Crippen molar-refractivity contribution in [1.82, 2.24) is 9.59 Å². The Kier molecular flexibility index (Phi) is 4.70. The highest BCUT2D eigenvalue weighted by atomic mass is 32.1. The largest absolute Gasteiger partial charge is 0.464 e. The Balaban J connectivity index is 1.70. The molecule has 2 heterocycles. The number of halogens is 1. The number of methoxy groups -OCH3 is 1. The number of nitrogens with zero attached hydrogens (tertiary/aromatic N) is 3. The monoisotopic (exact) mass is 364 g/mol. The lowest BCUT2D eigenvalue weighted by Crippen LogP contribution is -2.28. The van der Waals surface area contributed by atoms with E-state index in [2.05, 4.69) is 19.6 Å². The van der Waals surface area contributed by atoms with Gasteiger partial charge in [-0.3, -0.25) is 9.59 Å². The maximum atomic E-state index is 13.0. The van der Waals surface area contributed by atoms with Crippen LogP contribution in [-0.2, 0) is 14.3 Å². The molecule has 10 heteroatoms. The number of carbonyl (C=O) groups excluding carboxylic acids is 3. The predicted octanol–water partition coefficient (Wildman–Crippen LogP) is 1.46. The molecule has 0 radical (unpaired) electrons. The molecule has 2 aromatic rings. The minimum absolute atomic E-state index is 0.0169. The zero-order chi connectivity index (χ0) is 18.0. The number of benzene rings is 1. The summed E-state index contributed by atoms with van der Waals surface area (Å²) in [6.45, 7) is 0.163. The number of hydrogen-bond donors (Lipinski definition) is 1. The van der Waals surface area contributed by atoms with E-state index in [1.54, 1.807) is 0 Å². The number of rotatable bonds is 4. The summed E-state index contributed by atoms with van der Waals surface area (Å²) in [5.74, 6) is -2.38. The van der Waals surface area contributed by atoms with Crippen molar-refractivity contribution in [3.63, 3.8) is 0 Å². The van der Waals surface area contributed by atoms with E-state index >= 15 is 0 Å². The third kappa shape index (κ3) is 3.48. The first-order chi connectivity index (χ1) is 12.0. The molecule has 0 aliphatic carbocycles. The summed E-state index contributed by atoms with van der Waals surface area (Å²) in [5.41, 5.74) is 0.442. The Bertz CT molecular complexity index is 823. The highest BCUT2D eigenvalue weighted by molar-refractivity contribution is 7.10. The second-order valence-electron chi connectivity index (χ2n) is 5.31. The molecule has 0 bridgehead atoms. The van der Waals surface area contributed by atoms with Crippen molar-refractivity contribution >= 4 is 40.0 Å². The Labute approximate surface area is 145 Å². The van der Waals surface area contributed by atoms with Crippen LogP contribution >= 0.6 is 11.5 Å². The van der Waals surface area contributed by atoms with Gasteiger partial charge in [0, 0.05) is 30.2 Å². The van der Waals surface area contributed by atoms with Gasteiger partial charge in [0.15, 0.2) is 5.00 Å². The maximum absolute atomic E-state index is 13.0. The lowest BCUT2D eigenvalue weighted by atomic mass is 10.1. The smallest absolute Gasteiger partial charge is 0.361 e. The second kappa shape index (κ2) is 6.93. The Morgan fingerprint density at radius 2 is 2.08 bits per heavy atom. The lowest BCUT2D eigenvalue weighted by Gasteiger charge is -2.16. The summed E-state index contributed by atoms with van der Waals surface area (Å²) >= 11 is 0.846. The molecule has 1 saturated heterocycles. The number of esters is 1. The van der Waals surface area contributed by atoms with Gasteiger partial charge in [-0.15, -0.1) is 5.10 Å². The van der Waals surface area contributed by atoms with E-state index in [9.17, 15) is 18.8 Å². The first-order valence-corrected chi connectivity index (χ1v) is 8.04. The van der Waals surface area contributed by atoms with Gasteiger partial charge >= 0.3 is 5.97 Å². The van der Waals surface area contributed by atoms with Crippen LogP contribution in [0, 0.1) is 11.7 Å². The SMILES string of the molecule is COC(=O)c1nnsc1NC(=O)[C@H]1CC(=O)N(c2ccc(F)cc2)C1. The molecule has 8 nitrogen and oxygen atoms in total. The van der Waals surface area contributed by atoms with Crippen LogP contribution in [0.25, 0.3) is 0 Å².